The van der Waals surface area contributed by atoms with Crippen molar-refractivity contribution in [3.05, 3.63) is 243 Å². The molecule has 2 aliphatic rings. The van der Waals surface area contributed by atoms with Crippen LogP contribution in [0, 0.1) is 0 Å². The maximum absolute atomic E-state index is 2.54. The van der Waals surface area contributed by atoms with E-state index in [1.54, 1.807) is 0 Å². The van der Waals surface area contributed by atoms with Crippen molar-refractivity contribution in [2.75, 3.05) is 0 Å². The lowest BCUT2D eigenvalue weighted by molar-refractivity contribution is 1.18. The smallest absolute Gasteiger partial charge is 0.113 e. The minimum atomic E-state index is -1.94. The molecule has 0 radical (unpaired) electrons. The van der Waals surface area contributed by atoms with E-state index in [-0.39, 0.29) is 0 Å². The number of fused-ring (bicyclic) bond motifs is 18. The molecule has 4 aromatic heterocycles. The summed E-state index contributed by atoms with van der Waals surface area (Å²) < 4.78 is 10.4. The first kappa shape index (κ1) is 46.8. The summed E-state index contributed by atoms with van der Waals surface area (Å²) in [6.07, 6.45) is 0. The Hall–Kier alpha value is -8.89. The van der Waals surface area contributed by atoms with Crippen LogP contribution in [-0.2, 0) is 0 Å². The Morgan fingerprint density at radius 3 is 1.20 bits per heavy atom. The largest absolute Gasteiger partial charge is 0.309 e. The van der Waals surface area contributed by atoms with E-state index in [9.17, 15) is 0 Å². The molecule has 0 saturated carbocycles. The summed E-state index contributed by atoms with van der Waals surface area (Å²) in [7, 11) is -3.89. The highest BCUT2D eigenvalue weighted by atomic mass is 32.1. The van der Waals surface area contributed by atoms with Gasteiger partial charge in [-0.1, -0.05) is 172 Å². The number of nitrogens with zero attached hydrogens (tertiary/aromatic N) is 2. The fourth-order valence-corrected chi connectivity index (χ4v) is 23.2. The summed E-state index contributed by atoms with van der Waals surface area (Å²) in [4.78, 5) is 0. The topological polar surface area (TPSA) is 9.86 Å². The molecule has 0 amide bonds. The van der Waals surface area contributed by atoms with Crippen LogP contribution in [-0.4, -0.2) is 25.3 Å². The minimum absolute atomic E-state index is 1.21. The molecule has 2 nitrogen and oxygen atoms in total. The summed E-state index contributed by atoms with van der Waals surface area (Å²) in [5.74, 6) is 0. The zero-order valence-corrected chi connectivity index (χ0v) is 49.4. The third-order valence-corrected chi connectivity index (χ3v) is 28.3. The van der Waals surface area contributed by atoms with E-state index in [1.165, 1.54) is 172 Å². The van der Waals surface area contributed by atoms with Crippen molar-refractivity contribution < 1.29 is 0 Å². The Kier molecular flexibility index (Phi) is 9.62. The highest BCUT2D eigenvalue weighted by Gasteiger charge is 2.37. The van der Waals surface area contributed by atoms with E-state index in [2.05, 4.69) is 278 Å². The van der Waals surface area contributed by atoms with Gasteiger partial charge in [0.1, 0.15) is 8.07 Å². The molecule has 387 valence electrons. The third-order valence-electron chi connectivity index (χ3n) is 18.9. The Morgan fingerprint density at radius 1 is 0.293 bits per heavy atom. The second-order valence-corrected chi connectivity index (χ2v) is 34.8. The van der Waals surface area contributed by atoms with Crippen LogP contribution in [0.3, 0.4) is 0 Å². The van der Waals surface area contributed by atoms with Gasteiger partial charge in [0.2, 0.25) is 0 Å². The van der Waals surface area contributed by atoms with Crippen molar-refractivity contribution in [2.24, 2.45) is 0 Å². The van der Waals surface area contributed by atoms with Crippen molar-refractivity contribution >= 4 is 144 Å². The van der Waals surface area contributed by atoms with Crippen LogP contribution < -0.4 is 20.7 Å². The number of thiophene rings is 2. The van der Waals surface area contributed by atoms with Gasteiger partial charge in [-0.05, 0) is 158 Å². The van der Waals surface area contributed by atoms with Crippen molar-refractivity contribution in [1.82, 2.24) is 9.13 Å². The third kappa shape index (κ3) is 6.54. The van der Waals surface area contributed by atoms with Gasteiger partial charge < -0.3 is 9.13 Å². The van der Waals surface area contributed by atoms with E-state index >= 15 is 0 Å². The predicted octanol–water partition coefficient (Wildman–Crippen LogP) is 19.2. The van der Waals surface area contributed by atoms with Gasteiger partial charge in [0, 0.05) is 73.3 Å². The first-order valence-corrected chi connectivity index (χ1v) is 36.3. The maximum atomic E-state index is 2.54. The van der Waals surface area contributed by atoms with E-state index in [1.807, 2.05) is 22.7 Å². The number of hydrogen-bond donors (Lipinski definition) is 0. The van der Waals surface area contributed by atoms with Gasteiger partial charge in [0.05, 0.1) is 22.1 Å². The van der Waals surface area contributed by atoms with E-state index < -0.39 is 16.1 Å². The summed E-state index contributed by atoms with van der Waals surface area (Å²) in [6, 6.07) is 93.4. The average molecular weight is 1110 g/mol. The summed E-state index contributed by atoms with van der Waals surface area (Å²) in [6.45, 7) is 10.1. The SMILES string of the molecule is C[Si]1(C)c2ccccc2-c2ccc(-n3c4ccc(-c5ccc6sc7ccccc7c6c5)cc4c4cc(-c5ccc6c(c5)c5cc(-c7ccc8sc9ccccc9c8c7)ccc5n6-c5ccc6c(c5)[Si-](C)(C)c5ccccc5-6)ccc43)cc21. The molecule has 0 unspecified atom stereocenters. The number of benzene rings is 12. The standard InChI is InChI=1S/C76H52N2S2Si2/c1-81(2)73-19-11-7-15-55(73)57-29-27-51(43-75(57)81)77-65-31-21-45(37-59(65)61-39-47(23-33-67(61)77)49-25-35-71-63(41-49)53-13-5-9-17-69(53)79-71)46-22-32-66-60(38-46)62-40-48(50-26-36-72-64(42-50)54-14-6-10-18-70(54)80-72)24-34-68(62)78(66)52-28-30-58-56-16-8-12-20-74(56)82(3,4)76(58)44-52/h5-44H,1-4H3/q-1. The zero-order valence-electron chi connectivity index (χ0n) is 45.8. The number of aromatic nitrogens is 2. The molecule has 0 aliphatic carbocycles. The lowest BCUT2D eigenvalue weighted by Gasteiger charge is -2.32. The molecule has 0 bridgehead atoms. The van der Waals surface area contributed by atoms with Crippen molar-refractivity contribution in [3.8, 4) is 67.0 Å². The highest BCUT2D eigenvalue weighted by Crippen LogP contribution is 2.44. The maximum Gasteiger partial charge on any atom is 0.113 e. The molecule has 12 aromatic carbocycles. The molecule has 6 heteroatoms. The normalized spacial score (nSPS) is 14.0. The van der Waals surface area contributed by atoms with Crippen LogP contribution in [0.15, 0.2) is 243 Å². The molecule has 18 rings (SSSR count). The van der Waals surface area contributed by atoms with Gasteiger partial charge in [-0.2, -0.15) is 23.5 Å². The Morgan fingerprint density at radius 2 is 0.671 bits per heavy atom. The van der Waals surface area contributed by atoms with Crippen LogP contribution in [0.2, 0.25) is 26.2 Å². The first-order chi connectivity index (χ1) is 40.1. The molecule has 16 aromatic rings. The quantitative estimate of drug-likeness (QED) is 0.152. The average Bonchev–Trinajstić information content (AvgIpc) is 2.65. The fourth-order valence-electron chi connectivity index (χ4n) is 14.8. The van der Waals surface area contributed by atoms with Gasteiger partial charge >= 0.3 is 0 Å². The van der Waals surface area contributed by atoms with Crippen LogP contribution in [0.4, 0.5) is 0 Å². The fraction of sp³-hybridized carbons (Fsp3) is 0.0526. The Bertz CT molecular complexity index is 5150. The van der Waals surface area contributed by atoms with Crippen LogP contribution in [0.25, 0.3) is 151 Å². The van der Waals surface area contributed by atoms with E-state index in [0.717, 1.165) is 0 Å². The Labute approximate surface area is 485 Å². The molecule has 82 heavy (non-hydrogen) atoms. The second-order valence-electron chi connectivity index (χ2n) is 24.0. The van der Waals surface area contributed by atoms with Gasteiger partial charge in [-0.3, -0.25) is 0 Å². The second kappa shape index (κ2) is 16.9. The molecule has 0 saturated heterocycles. The molecule has 0 N–H and O–H groups in total. The van der Waals surface area contributed by atoms with E-state index in [4.69, 9.17) is 0 Å². The van der Waals surface area contributed by atoms with Gasteiger partial charge in [0.25, 0.3) is 0 Å². The highest BCUT2D eigenvalue weighted by molar-refractivity contribution is 7.26. The summed E-state index contributed by atoms with van der Waals surface area (Å²) in [5, 5.41) is 16.4. The first-order valence-electron chi connectivity index (χ1n) is 28.6. The van der Waals surface area contributed by atoms with Crippen molar-refractivity contribution in [3.63, 3.8) is 0 Å². The lowest BCUT2D eigenvalue weighted by atomic mass is 9.98. The van der Waals surface area contributed by atoms with Gasteiger partial charge in [-0.25, -0.2) is 0 Å². The number of hydrogen-bond acceptors (Lipinski definition) is 2. The van der Waals surface area contributed by atoms with Crippen molar-refractivity contribution in [1.29, 1.82) is 0 Å². The van der Waals surface area contributed by atoms with E-state index in [0.29, 0.717) is 0 Å². The minimum Gasteiger partial charge on any atom is -0.309 e. The zero-order chi connectivity index (χ0) is 54.3. The molecule has 0 atom stereocenters. The molecule has 6 heterocycles. The molecular formula is C76H52N2S2Si2-. The summed E-state index contributed by atoms with van der Waals surface area (Å²) >= 11 is 3.76. The van der Waals surface area contributed by atoms with Gasteiger partial charge in [0.15, 0.2) is 0 Å². The van der Waals surface area contributed by atoms with Crippen LogP contribution in [0.1, 0.15) is 0 Å². The lowest BCUT2D eigenvalue weighted by Crippen LogP contribution is -2.49. The predicted molar refractivity (Wildman–Crippen MR) is 362 cm³/mol. The molecule has 0 spiro atoms. The Balaban J connectivity index is 0.839. The molecular weight excluding hydrogens is 1060 g/mol. The summed E-state index contributed by atoms with van der Waals surface area (Å²) in [5.41, 5.74) is 20.2. The number of rotatable bonds is 5. The van der Waals surface area contributed by atoms with Gasteiger partial charge in [-0.15, -0.1) is 22.7 Å². The van der Waals surface area contributed by atoms with Crippen molar-refractivity contribution in [2.45, 2.75) is 26.2 Å². The van der Waals surface area contributed by atoms with Crippen LogP contribution >= 0.6 is 22.7 Å². The monoisotopic (exact) mass is 1110 g/mol. The molecule has 2 aliphatic heterocycles. The van der Waals surface area contributed by atoms with Crippen LogP contribution in [0.5, 0.6) is 0 Å². The molecule has 0 fully saturated rings.